The number of amides is 1. The quantitative estimate of drug-likeness (QED) is 0.754. The minimum atomic E-state index is -0.433. The molecule has 4 N–H and O–H groups in total. The number of nitrogens with zero attached hydrogens (tertiary/aromatic N) is 1. The van der Waals surface area contributed by atoms with Gasteiger partial charge in [-0.05, 0) is 37.1 Å². The zero-order chi connectivity index (χ0) is 12.4. The van der Waals surface area contributed by atoms with Crippen molar-refractivity contribution in [2.24, 2.45) is 5.73 Å². The normalized spacial score (nSPS) is 15.2. The minimum absolute atomic E-state index is 0.433. The van der Waals surface area contributed by atoms with Crippen molar-refractivity contribution in [1.29, 1.82) is 0 Å². The summed E-state index contributed by atoms with van der Waals surface area (Å²) < 4.78 is 0. The number of carbonyl (C=O) groups is 1. The molecule has 1 saturated carbocycles. The van der Waals surface area contributed by atoms with Crippen LogP contribution in [0.25, 0.3) is 0 Å². The summed E-state index contributed by atoms with van der Waals surface area (Å²) in [5.41, 5.74) is 13.4. The highest BCUT2D eigenvalue weighted by Gasteiger charge is 2.27. The van der Waals surface area contributed by atoms with E-state index in [0.29, 0.717) is 11.3 Å². The summed E-state index contributed by atoms with van der Waals surface area (Å²) in [4.78, 5) is 13.4. The first-order valence-electron chi connectivity index (χ1n) is 6.04. The van der Waals surface area contributed by atoms with Crippen LogP contribution in [0.4, 0.5) is 5.69 Å². The van der Waals surface area contributed by atoms with E-state index in [1.54, 1.807) is 12.1 Å². The second-order valence-corrected chi connectivity index (χ2v) is 4.57. The third kappa shape index (κ3) is 2.77. The molecule has 0 radical (unpaired) electrons. The van der Waals surface area contributed by atoms with Crippen LogP contribution in [0.5, 0.6) is 0 Å². The van der Waals surface area contributed by atoms with Crippen LogP contribution < -0.4 is 11.5 Å². The third-order valence-corrected chi connectivity index (χ3v) is 3.27. The van der Waals surface area contributed by atoms with Crippen molar-refractivity contribution in [3.63, 3.8) is 0 Å². The molecule has 92 valence electrons. The van der Waals surface area contributed by atoms with Crippen molar-refractivity contribution in [2.75, 3.05) is 12.3 Å². The summed E-state index contributed by atoms with van der Waals surface area (Å²) in [5, 5.41) is 0. The van der Waals surface area contributed by atoms with E-state index in [4.69, 9.17) is 11.5 Å². The molecule has 0 aromatic heterocycles. The van der Waals surface area contributed by atoms with E-state index in [1.165, 1.54) is 12.8 Å². The predicted molar refractivity (Wildman–Crippen MR) is 68.5 cm³/mol. The fraction of sp³-hybridized carbons (Fsp3) is 0.462. The van der Waals surface area contributed by atoms with Crippen LogP contribution in [0, 0.1) is 0 Å². The Morgan fingerprint density at radius 2 is 2.18 bits per heavy atom. The third-order valence-electron chi connectivity index (χ3n) is 3.27. The number of nitrogens with two attached hydrogens (primary N) is 2. The number of anilines is 1. The van der Waals surface area contributed by atoms with Crippen LogP contribution in [0.1, 0.15) is 35.7 Å². The Morgan fingerprint density at radius 3 is 2.65 bits per heavy atom. The first kappa shape index (κ1) is 11.9. The molecule has 17 heavy (non-hydrogen) atoms. The van der Waals surface area contributed by atoms with Crippen LogP contribution in [0.15, 0.2) is 18.2 Å². The van der Waals surface area contributed by atoms with E-state index in [2.05, 4.69) is 11.8 Å². The molecule has 0 atom stereocenters. The van der Waals surface area contributed by atoms with Gasteiger partial charge in [-0.3, -0.25) is 9.69 Å². The van der Waals surface area contributed by atoms with Crippen molar-refractivity contribution in [2.45, 2.75) is 32.4 Å². The summed E-state index contributed by atoms with van der Waals surface area (Å²) in [7, 11) is 0. The Kier molecular flexibility index (Phi) is 3.33. The molecule has 4 heteroatoms. The van der Waals surface area contributed by atoms with Crippen LogP contribution in [-0.2, 0) is 6.54 Å². The number of carbonyl (C=O) groups excluding carboxylic acids is 1. The summed E-state index contributed by atoms with van der Waals surface area (Å²) in [5.74, 6) is -0.433. The molecule has 2 rings (SSSR count). The highest BCUT2D eigenvalue weighted by atomic mass is 16.1. The van der Waals surface area contributed by atoms with Crippen LogP contribution >= 0.6 is 0 Å². The topological polar surface area (TPSA) is 72.3 Å². The van der Waals surface area contributed by atoms with E-state index < -0.39 is 5.91 Å². The maximum absolute atomic E-state index is 11.0. The van der Waals surface area contributed by atoms with Crippen molar-refractivity contribution >= 4 is 11.6 Å². The molecule has 0 saturated heterocycles. The van der Waals surface area contributed by atoms with Gasteiger partial charge in [0.05, 0.1) is 0 Å². The van der Waals surface area contributed by atoms with Gasteiger partial charge in [-0.25, -0.2) is 0 Å². The summed E-state index contributed by atoms with van der Waals surface area (Å²) in [6, 6.07) is 6.03. The van der Waals surface area contributed by atoms with E-state index in [1.807, 2.05) is 6.07 Å². The molecule has 1 amide bonds. The molecule has 0 unspecified atom stereocenters. The Balaban J connectivity index is 2.12. The number of hydrogen-bond acceptors (Lipinski definition) is 3. The second kappa shape index (κ2) is 4.75. The highest BCUT2D eigenvalue weighted by Crippen LogP contribution is 2.29. The molecule has 0 heterocycles. The van der Waals surface area contributed by atoms with Crippen molar-refractivity contribution in [3.8, 4) is 0 Å². The number of rotatable bonds is 5. The maximum Gasteiger partial charge on any atom is 0.248 e. The van der Waals surface area contributed by atoms with Gasteiger partial charge >= 0.3 is 0 Å². The van der Waals surface area contributed by atoms with Gasteiger partial charge in [-0.2, -0.15) is 0 Å². The van der Waals surface area contributed by atoms with Gasteiger partial charge in [-0.15, -0.1) is 0 Å². The average molecular weight is 233 g/mol. The summed E-state index contributed by atoms with van der Waals surface area (Å²) in [6.07, 6.45) is 2.57. The number of benzene rings is 1. The first-order valence-corrected chi connectivity index (χ1v) is 6.04. The van der Waals surface area contributed by atoms with Gasteiger partial charge in [0.15, 0.2) is 0 Å². The Bertz CT molecular complexity index is 427. The number of nitrogen functional groups attached to an aromatic ring is 1. The lowest BCUT2D eigenvalue weighted by atomic mass is 10.1. The summed E-state index contributed by atoms with van der Waals surface area (Å²) in [6.45, 7) is 4.04. The number of hydrogen-bond donors (Lipinski definition) is 2. The molecular weight excluding hydrogens is 214 g/mol. The molecular formula is C13H19N3O. The zero-order valence-electron chi connectivity index (χ0n) is 10.1. The van der Waals surface area contributed by atoms with Crippen molar-refractivity contribution < 1.29 is 4.79 Å². The molecule has 0 bridgehead atoms. The Labute approximate surface area is 102 Å². The van der Waals surface area contributed by atoms with E-state index in [0.717, 1.165) is 24.7 Å². The second-order valence-electron chi connectivity index (χ2n) is 4.57. The SMILES string of the molecule is CCN(Cc1ccc(C(N)=O)cc1N)C1CC1. The van der Waals surface area contributed by atoms with Gasteiger partial charge in [0.25, 0.3) is 0 Å². The molecule has 0 aliphatic heterocycles. The monoisotopic (exact) mass is 233 g/mol. The first-order chi connectivity index (χ1) is 8.11. The van der Waals surface area contributed by atoms with Gasteiger partial charge < -0.3 is 11.5 Å². The molecule has 0 spiro atoms. The van der Waals surface area contributed by atoms with Crippen molar-refractivity contribution in [3.05, 3.63) is 29.3 Å². The Morgan fingerprint density at radius 1 is 1.47 bits per heavy atom. The lowest BCUT2D eigenvalue weighted by Gasteiger charge is -2.20. The fourth-order valence-corrected chi connectivity index (χ4v) is 2.05. The fourth-order valence-electron chi connectivity index (χ4n) is 2.05. The van der Waals surface area contributed by atoms with Crippen LogP contribution in [-0.4, -0.2) is 23.4 Å². The smallest absolute Gasteiger partial charge is 0.248 e. The zero-order valence-corrected chi connectivity index (χ0v) is 10.1. The van der Waals surface area contributed by atoms with Crippen LogP contribution in [0.2, 0.25) is 0 Å². The molecule has 1 fully saturated rings. The molecule has 1 aromatic carbocycles. The Hall–Kier alpha value is -1.55. The summed E-state index contributed by atoms with van der Waals surface area (Å²) >= 11 is 0. The number of primary amides is 1. The largest absolute Gasteiger partial charge is 0.398 e. The van der Waals surface area contributed by atoms with Gasteiger partial charge in [0.1, 0.15) is 0 Å². The van der Waals surface area contributed by atoms with Crippen molar-refractivity contribution in [1.82, 2.24) is 4.90 Å². The van der Waals surface area contributed by atoms with E-state index in [-0.39, 0.29) is 0 Å². The average Bonchev–Trinajstić information content (AvgIpc) is 3.11. The standard InChI is InChI=1S/C13H19N3O/c1-2-16(11-5-6-11)8-10-4-3-9(13(15)17)7-12(10)14/h3-4,7,11H,2,5-6,8,14H2,1H3,(H2,15,17). The van der Waals surface area contributed by atoms with Crippen LogP contribution in [0.3, 0.4) is 0 Å². The molecule has 1 aliphatic rings. The van der Waals surface area contributed by atoms with E-state index >= 15 is 0 Å². The predicted octanol–water partition coefficient (Wildman–Crippen LogP) is 1.35. The van der Waals surface area contributed by atoms with Gasteiger partial charge in [0, 0.05) is 23.8 Å². The molecule has 1 aliphatic carbocycles. The lowest BCUT2D eigenvalue weighted by molar-refractivity contribution is 0.100. The molecule has 4 nitrogen and oxygen atoms in total. The molecule has 1 aromatic rings. The lowest BCUT2D eigenvalue weighted by Crippen LogP contribution is -2.25. The minimum Gasteiger partial charge on any atom is -0.398 e. The maximum atomic E-state index is 11.0. The highest BCUT2D eigenvalue weighted by molar-refractivity contribution is 5.93. The van der Waals surface area contributed by atoms with Gasteiger partial charge in [0.2, 0.25) is 5.91 Å². The van der Waals surface area contributed by atoms with Gasteiger partial charge in [-0.1, -0.05) is 13.0 Å². The van der Waals surface area contributed by atoms with E-state index in [9.17, 15) is 4.79 Å².